The third kappa shape index (κ3) is 4.84. The van der Waals surface area contributed by atoms with E-state index in [9.17, 15) is 9.59 Å². The molecule has 2 aromatic rings. The van der Waals surface area contributed by atoms with Gasteiger partial charge in [-0.3, -0.25) is 4.79 Å². The maximum absolute atomic E-state index is 12.2. The van der Waals surface area contributed by atoms with E-state index in [4.69, 9.17) is 4.74 Å². The lowest BCUT2D eigenvalue weighted by Crippen LogP contribution is -2.46. The van der Waals surface area contributed by atoms with Crippen LogP contribution in [0.1, 0.15) is 62.1 Å². The van der Waals surface area contributed by atoms with Crippen LogP contribution in [0.25, 0.3) is 0 Å². The summed E-state index contributed by atoms with van der Waals surface area (Å²) in [5.74, 6) is -0.358. The van der Waals surface area contributed by atoms with Crippen molar-refractivity contribution in [3.8, 4) is 0 Å². The van der Waals surface area contributed by atoms with Gasteiger partial charge in [0, 0.05) is 18.4 Å². The minimum atomic E-state index is -0.723. The number of nitrogens with one attached hydrogen (secondary N) is 3. The van der Waals surface area contributed by atoms with E-state index < -0.39 is 5.54 Å². The lowest BCUT2D eigenvalue weighted by atomic mass is 9.72. The lowest BCUT2D eigenvalue weighted by Gasteiger charge is -2.41. The monoisotopic (exact) mass is 423 g/mol. The molecule has 0 spiro atoms. The highest BCUT2D eigenvalue weighted by Gasteiger charge is 2.36. The van der Waals surface area contributed by atoms with Crippen LogP contribution in [0.15, 0.2) is 42.5 Å². The molecule has 6 heteroatoms. The Morgan fingerprint density at radius 2 is 1.94 bits per heavy atom. The molecule has 1 aliphatic rings. The number of amides is 1. The molecule has 31 heavy (non-hydrogen) atoms. The number of fused-ring (bicyclic) bond motifs is 1. The lowest BCUT2D eigenvalue weighted by molar-refractivity contribution is -0.123. The Bertz CT molecular complexity index is 982. The topological polar surface area (TPSA) is 79.5 Å². The van der Waals surface area contributed by atoms with Crippen molar-refractivity contribution in [2.45, 2.75) is 52.6 Å². The molecule has 1 heterocycles. The summed E-state index contributed by atoms with van der Waals surface area (Å²) in [5, 5.41) is 9.70. The predicted molar refractivity (Wildman–Crippen MR) is 124 cm³/mol. The quantitative estimate of drug-likeness (QED) is 0.595. The van der Waals surface area contributed by atoms with Gasteiger partial charge >= 0.3 is 5.97 Å². The second-order valence-corrected chi connectivity index (χ2v) is 9.29. The minimum Gasteiger partial charge on any atom is -0.462 e. The van der Waals surface area contributed by atoms with Gasteiger partial charge in [-0.1, -0.05) is 26.0 Å². The largest absolute Gasteiger partial charge is 0.462 e. The molecule has 0 aromatic heterocycles. The zero-order valence-electron chi connectivity index (χ0n) is 19.3. The Kier molecular flexibility index (Phi) is 6.30. The van der Waals surface area contributed by atoms with E-state index in [2.05, 4.69) is 41.9 Å². The molecule has 1 atom stereocenters. The van der Waals surface area contributed by atoms with Gasteiger partial charge in [-0.05, 0) is 74.1 Å². The fourth-order valence-corrected chi connectivity index (χ4v) is 4.23. The summed E-state index contributed by atoms with van der Waals surface area (Å²) in [5.41, 5.74) is 3.95. The third-order valence-electron chi connectivity index (χ3n) is 5.82. The first-order valence-electron chi connectivity index (χ1n) is 10.7. The van der Waals surface area contributed by atoms with Gasteiger partial charge in [0.05, 0.1) is 18.2 Å². The molecule has 1 unspecified atom stereocenters. The molecule has 166 valence electrons. The number of hydrogen-bond acceptors (Lipinski definition) is 5. The molecule has 0 fully saturated rings. The van der Waals surface area contributed by atoms with Crippen LogP contribution in [0.2, 0.25) is 0 Å². The molecule has 0 aliphatic carbocycles. The first-order valence-corrected chi connectivity index (χ1v) is 10.7. The van der Waals surface area contributed by atoms with E-state index in [0.717, 1.165) is 28.9 Å². The van der Waals surface area contributed by atoms with Gasteiger partial charge in [0.25, 0.3) is 0 Å². The van der Waals surface area contributed by atoms with Crippen LogP contribution in [0, 0.1) is 5.41 Å². The second kappa shape index (κ2) is 8.61. The van der Waals surface area contributed by atoms with Gasteiger partial charge < -0.3 is 20.7 Å². The molecule has 0 radical (unpaired) electrons. The van der Waals surface area contributed by atoms with Crippen LogP contribution in [0.5, 0.6) is 0 Å². The van der Waals surface area contributed by atoms with E-state index in [1.807, 2.05) is 51.1 Å². The second-order valence-electron chi connectivity index (χ2n) is 9.29. The van der Waals surface area contributed by atoms with Crippen LogP contribution in [-0.2, 0) is 16.0 Å². The third-order valence-corrected chi connectivity index (χ3v) is 5.82. The summed E-state index contributed by atoms with van der Waals surface area (Å²) in [6, 6.07) is 14.0. The molecule has 2 aromatic carbocycles. The Balaban J connectivity index is 1.88. The smallest absolute Gasteiger partial charge is 0.338 e. The van der Waals surface area contributed by atoms with E-state index >= 15 is 0 Å². The van der Waals surface area contributed by atoms with Crippen molar-refractivity contribution >= 4 is 23.3 Å². The normalized spacial score (nSPS) is 17.2. The molecule has 6 nitrogen and oxygen atoms in total. The number of rotatable bonds is 6. The van der Waals surface area contributed by atoms with Crippen LogP contribution >= 0.6 is 0 Å². The van der Waals surface area contributed by atoms with E-state index in [0.29, 0.717) is 12.2 Å². The zero-order chi connectivity index (χ0) is 22.8. The van der Waals surface area contributed by atoms with E-state index in [1.165, 1.54) is 0 Å². The summed E-state index contributed by atoms with van der Waals surface area (Å²) >= 11 is 0. The Morgan fingerprint density at radius 3 is 2.61 bits per heavy atom. The Morgan fingerprint density at radius 1 is 1.19 bits per heavy atom. The summed E-state index contributed by atoms with van der Waals surface area (Å²) in [4.78, 5) is 24.3. The number of ether oxygens (including phenoxy) is 1. The molecule has 0 saturated heterocycles. The van der Waals surface area contributed by atoms with E-state index in [1.54, 1.807) is 7.05 Å². The van der Waals surface area contributed by atoms with Crippen molar-refractivity contribution in [2.75, 3.05) is 24.3 Å². The molecule has 1 amide bonds. The first-order chi connectivity index (χ1) is 14.6. The van der Waals surface area contributed by atoms with Crippen molar-refractivity contribution in [1.29, 1.82) is 0 Å². The van der Waals surface area contributed by atoms with Gasteiger partial charge in [-0.15, -0.1) is 0 Å². The van der Waals surface area contributed by atoms with Gasteiger partial charge in [0.1, 0.15) is 5.54 Å². The summed E-state index contributed by atoms with van der Waals surface area (Å²) in [6.07, 6.45) is 0.828. The average molecular weight is 424 g/mol. The molecular weight excluding hydrogens is 390 g/mol. The van der Waals surface area contributed by atoms with Crippen molar-refractivity contribution in [3.05, 3.63) is 59.2 Å². The number of hydrogen-bond donors (Lipinski definition) is 3. The average Bonchev–Trinajstić information content (AvgIpc) is 2.71. The highest BCUT2D eigenvalue weighted by atomic mass is 16.5. The van der Waals surface area contributed by atoms with Gasteiger partial charge in [-0.25, -0.2) is 4.79 Å². The van der Waals surface area contributed by atoms with E-state index in [-0.39, 0.29) is 23.3 Å². The Labute approximate surface area is 184 Å². The molecule has 0 saturated carbocycles. The number of anilines is 2. The van der Waals surface area contributed by atoms with Crippen molar-refractivity contribution < 1.29 is 14.3 Å². The van der Waals surface area contributed by atoms with Crippen molar-refractivity contribution in [2.24, 2.45) is 5.41 Å². The Hall–Kier alpha value is -3.02. The molecule has 3 N–H and O–H groups in total. The van der Waals surface area contributed by atoms with Crippen molar-refractivity contribution in [1.82, 2.24) is 5.32 Å². The number of carbonyl (C=O) groups excluding carboxylic acids is 2. The predicted octanol–water partition coefficient (Wildman–Crippen LogP) is 4.54. The molecule has 0 bridgehead atoms. The molecular formula is C25H33N3O3. The summed E-state index contributed by atoms with van der Waals surface area (Å²) in [7, 11) is 1.64. The van der Waals surface area contributed by atoms with Gasteiger partial charge in [0.2, 0.25) is 5.91 Å². The van der Waals surface area contributed by atoms with Crippen molar-refractivity contribution in [3.63, 3.8) is 0 Å². The number of likely N-dealkylation sites (N-methyl/N-ethyl adjacent to an activating group) is 1. The minimum absolute atomic E-state index is 0.0691. The number of esters is 1. The van der Waals surface area contributed by atoms with Crippen LogP contribution in [0.4, 0.5) is 11.4 Å². The molecule has 3 rings (SSSR count). The zero-order valence-corrected chi connectivity index (χ0v) is 19.3. The van der Waals surface area contributed by atoms with Crippen LogP contribution in [0.3, 0.4) is 0 Å². The maximum atomic E-state index is 12.2. The number of carbonyl (C=O) groups is 2. The maximum Gasteiger partial charge on any atom is 0.338 e. The SMILES string of the molecule is CCOC(=O)c1ccc2c(c1)CC(C)(C)C(c1cccc(NC(C)(C)C(=O)NC)c1)N2. The summed E-state index contributed by atoms with van der Waals surface area (Å²) in [6.45, 7) is 10.3. The van der Waals surface area contributed by atoms with Crippen LogP contribution in [-0.4, -0.2) is 31.1 Å². The fraction of sp³-hybridized carbons (Fsp3) is 0.440. The van der Waals surface area contributed by atoms with Gasteiger partial charge in [0.15, 0.2) is 0 Å². The molecule has 1 aliphatic heterocycles. The first kappa shape index (κ1) is 22.7. The fourth-order valence-electron chi connectivity index (χ4n) is 4.23. The standard InChI is InChI=1S/C25H33N3O3/c1-7-31-22(29)17-11-12-20-18(13-17)15-24(2,3)21(27-20)16-9-8-10-19(14-16)28-25(4,5)23(30)26-6/h8-14,21,27-28H,7,15H2,1-6H3,(H,26,30). The summed E-state index contributed by atoms with van der Waals surface area (Å²) < 4.78 is 5.14. The van der Waals surface area contributed by atoms with Crippen LogP contribution < -0.4 is 16.0 Å². The highest BCUT2D eigenvalue weighted by Crippen LogP contribution is 2.45. The number of benzene rings is 2. The van der Waals surface area contributed by atoms with Gasteiger partial charge in [-0.2, -0.15) is 0 Å². The highest BCUT2D eigenvalue weighted by molar-refractivity contribution is 5.90.